The van der Waals surface area contributed by atoms with Gasteiger partial charge in [0.05, 0.1) is 12.7 Å². The van der Waals surface area contributed by atoms with Crippen molar-refractivity contribution in [3.63, 3.8) is 0 Å². The average molecular weight is 339 g/mol. The molecule has 20 heavy (non-hydrogen) atoms. The van der Waals surface area contributed by atoms with Crippen LogP contribution in [0.2, 0.25) is 0 Å². The molecule has 1 aromatic rings. The zero-order valence-electron chi connectivity index (χ0n) is 11.3. The van der Waals surface area contributed by atoms with E-state index in [1.165, 1.54) is 19.4 Å². The topological polar surface area (TPSA) is 41.6 Å². The summed E-state index contributed by atoms with van der Waals surface area (Å²) in [5, 5.41) is 2.96. The van der Waals surface area contributed by atoms with Gasteiger partial charge in [0.2, 0.25) is 0 Å². The average Bonchev–Trinajstić information content (AvgIpc) is 2.93. The third-order valence-corrected chi connectivity index (χ3v) is 4.59. The van der Waals surface area contributed by atoms with E-state index in [9.17, 15) is 4.79 Å². The molecule has 2 heterocycles. The number of rotatable bonds is 3. The maximum Gasteiger partial charge on any atom is 0.251 e. The lowest BCUT2D eigenvalue weighted by Gasteiger charge is -2.35. The molecule has 108 valence electrons. The number of carbonyl (C=O) groups is 1. The third kappa shape index (κ3) is 3.22. The Morgan fingerprint density at radius 1 is 1.40 bits per heavy atom. The number of nitrogens with zero attached hydrogens (tertiary/aromatic N) is 1. The maximum absolute atomic E-state index is 12.0. The van der Waals surface area contributed by atoms with Gasteiger partial charge in [-0.2, -0.15) is 0 Å². The number of hydrogen-bond donors (Lipinski definition) is 1. The highest BCUT2D eigenvalue weighted by Gasteiger charge is 2.32. The fourth-order valence-electron chi connectivity index (χ4n) is 2.92. The Morgan fingerprint density at radius 3 is 3.00 bits per heavy atom. The van der Waals surface area contributed by atoms with Gasteiger partial charge in [-0.25, -0.2) is 0 Å². The molecule has 3 rings (SSSR count). The molecule has 4 nitrogen and oxygen atoms in total. The summed E-state index contributed by atoms with van der Waals surface area (Å²) in [7, 11) is 0. The van der Waals surface area contributed by atoms with E-state index >= 15 is 0 Å². The summed E-state index contributed by atoms with van der Waals surface area (Å²) in [6.07, 6.45) is 2.63. The van der Waals surface area contributed by atoms with E-state index in [0.29, 0.717) is 18.2 Å². The van der Waals surface area contributed by atoms with Crippen LogP contribution in [0.4, 0.5) is 0 Å². The van der Waals surface area contributed by atoms with Gasteiger partial charge in [0.25, 0.3) is 5.91 Å². The van der Waals surface area contributed by atoms with E-state index in [1.54, 1.807) is 0 Å². The molecule has 1 N–H and O–H groups in total. The second-order valence-corrected chi connectivity index (χ2v) is 6.38. The van der Waals surface area contributed by atoms with Crippen LogP contribution in [0.3, 0.4) is 0 Å². The van der Waals surface area contributed by atoms with Crippen molar-refractivity contribution < 1.29 is 9.53 Å². The molecule has 2 saturated heterocycles. The predicted molar refractivity (Wildman–Crippen MR) is 80.8 cm³/mol. The van der Waals surface area contributed by atoms with Crippen molar-refractivity contribution >= 4 is 21.8 Å². The monoisotopic (exact) mass is 338 g/mol. The van der Waals surface area contributed by atoms with Gasteiger partial charge in [0, 0.05) is 29.2 Å². The van der Waals surface area contributed by atoms with Gasteiger partial charge < -0.3 is 10.1 Å². The second kappa shape index (κ2) is 6.24. The van der Waals surface area contributed by atoms with Crippen LogP contribution in [0.25, 0.3) is 0 Å². The first-order chi connectivity index (χ1) is 9.72. The smallest absolute Gasteiger partial charge is 0.251 e. The lowest BCUT2D eigenvalue weighted by Crippen LogP contribution is -2.50. The molecule has 2 aliphatic rings. The Morgan fingerprint density at radius 2 is 2.20 bits per heavy atom. The number of amides is 1. The van der Waals surface area contributed by atoms with Crippen molar-refractivity contribution in [1.29, 1.82) is 0 Å². The summed E-state index contributed by atoms with van der Waals surface area (Å²) in [4.78, 5) is 14.5. The van der Waals surface area contributed by atoms with Gasteiger partial charge >= 0.3 is 0 Å². The standard InChI is InChI=1S/C15H19BrN2O2/c16-12-5-3-11(4-6-12)15(19)17-8-14-9-18-7-1-2-13(18)10-20-14/h3-6,13-14H,1-2,7-10H2,(H,17,19)/t13-,14-/m1/s1. The molecule has 1 amide bonds. The van der Waals surface area contributed by atoms with Crippen LogP contribution in [0, 0.1) is 0 Å². The van der Waals surface area contributed by atoms with Gasteiger partial charge in [-0.1, -0.05) is 15.9 Å². The van der Waals surface area contributed by atoms with Gasteiger partial charge in [-0.15, -0.1) is 0 Å². The number of fused-ring (bicyclic) bond motifs is 1. The van der Waals surface area contributed by atoms with Crippen LogP contribution in [-0.4, -0.2) is 49.2 Å². The van der Waals surface area contributed by atoms with Crippen molar-refractivity contribution in [1.82, 2.24) is 10.2 Å². The Bertz CT molecular complexity index is 477. The number of benzene rings is 1. The fraction of sp³-hybridized carbons (Fsp3) is 0.533. The molecule has 2 aliphatic heterocycles. The molecule has 0 spiro atoms. The zero-order chi connectivity index (χ0) is 13.9. The van der Waals surface area contributed by atoms with Crippen LogP contribution in [-0.2, 0) is 4.74 Å². The van der Waals surface area contributed by atoms with E-state index in [1.807, 2.05) is 24.3 Å². The molecular weight excluding hydrogens is 320 g/mol. The summed E-state index contributed by atoms with van der Waals surface area (Å²) in [5.74, 6) is -0.0374. The molecule has 0 aliphatic carbocycles. The van der Waals surface area contributed by atoms with Crippen LogP contribution in [0.1, 0.15) is 23.2 Å². The highest BCUT2D eigenvalue weighted by molar-refractivity contribution is 9.10. The van der Waals surface area contributed by atoms with E-state index in [0.717, 1.165) is 17.6 Å². The van der Waals surface area contributed by atoms with Crippen molar-refractivity contribution in [2.24, 2.45) is 0 Å². The SMILES string of the molecule is O=C(NC[C@@H]1CN2CCC[C@@H]2CO1)c1ccc(Br)cc1. The minimum Gasteiger partial charge on any atom is -0.373 e. The number of hydrogen-bond acceptors (Lipinski definition) is 3. The summed E-state index contributed by atoms with van der Waals surface area (Å²) in [5.41, 5.74) is 0.683. The first-order valence-electron chi connectivity index (χ1n) is 7.12. The number of nitrogens with one attached hydrogen (secondary N) is 1. The fourth-order valence-corrected chi connectivity index (χ4v) is 3.18. The molecular formula is C15H19BrN2O2. The van der Waals surface area contributed by atoms with Crippen LogP contribution in [0.5, 0.6) is 0 Å². The van der Waals surface area contributed by atoms with Crippen molar-refractivity contribution in [3.8, 4) is 0 Å². The lowest BCUT2D eigenvalue weighted by molar-refractivity contribution is -0.0461. The third-order valence-electron chi connectivity index (χ3n) is 4.06. The molecule has 0 unspecified atom stereocenters. The first-order valence-corrected chi connectivity index (χ1v) is 7.91. The van der Waals surface area contributed by atoms with Crippen molar-refractivity contribution in [2.45, 2.75) is 25.0 Å². The van der Waals surface area contributed by atoms with Crippen LogP contribution in [0.15, 0.2) is 28.7 Å². The summed E-state index contributed by atoms with van der Waals surface area (Å²) >= 11 is 3.36. The van der Waals surface area contributed by atoms with Gasteiger partial charge in [0.15, 0.2) is 0 Å². The largest absolute Gasteiger partial charge is 0.373 e. The Kier molecular flexibility index (Phi) is 4.38. The van der Waals surface area contributed by atoms with E-state index in [2.05, 4.69) is 26.1 Å². The molecule has 0 bridgehead atoms. The van der Waals surface area contributed by atoms with E-state index in [4.69, 9.17) is 4.74 Å². The van der Waals surface area contributed by atoms with Gasteiger partial charge in [-0.05, 0) is 43.7 Å². The highest BCUT2D eigenvalue weighted by atomic mass is 79.9. The van der Waals surface area contributed by atoms with E-state index < -0.39 is 0 Å². The lowest BCUT2D eigenvalue weighted by atomic mass is 10.2. The van der Waals surface area contributed by atoms with Crippen LogP contribution >= 0.6 is 15.9 Å². The highest BCUT2D eigenvalue weighted by Crippen LogP contribution is 2.22. The summed E-state index contributed by atoms with van der Waals surface area (Å²) < 4.78 is 6.81. The normalized spacial score (nSPS) is 26.2. The van der Waals surface area contributed by atoms with Gasteiger partial charge in [-0.3, -0.25) is 9.69 Å². The molecule has 2 atom stereocenters. The zero-order valence-corrected chi connectivity index (χ0v) is 12.9. The molecule has 0 aromatic heterocycles. The van der Waals surface area contributed by atoms with Crippen molar-refractivity contribution in [2.75, 3.05) is 26.2 Å². The minimum absolute atomic E-state index is 0.0374. The second-order valence-electron chi connectivity index (χ2n) is 5.46. The number of ether oxygens (including phenoxy) is 1. The van der Waals surface area contributed by atoms with Gasteiger partial charge in [0.1, 0.15) is 0 Å². The number of halogens is 1. The number of carbonyl (C=O) groups excluding carboxylic acids is 1. The van der Waals surface area contributed by atoms with E-state index in [-0.39, 0.29) is 12.0 Å². The molecule has 0 saturated carbocycles. The Labute approximate surface area is 127 Å². The quantitative estimate of drug-likeness (QED) is 0.916. The molecule has 5 heteroatoms. The summed E-state index contributed by atoms with van der Waals surface area (Å²) in [6.45, 7) is 3.49. The predicted octanol–water partition coefficient (Wildman–Crippen LogP) is 2.04. The minimum atomic E-state index is -0.0374. The Hall–Kier alpha value is -0.910. The number of morpholine rings is 1. The molecule has 0 radical (unpaired) electrons. The molecule has 2 fully saturated rings. The van der Waals surface area contributed by atoms with Crippen molar-refractivity contribution in [3.05, 3.63) is 34.3 Å². The molecule has 1 aromatic carbocycles. The maximum atomic E-state index is 12.0. The Balaban J connectivity index is 1.49. The first kappa shape index (κ1) is 14.0. The summed E-state index contributed by atoms with van der Waals surface area (Å²) in [6, 6.07) is 7.99. The van der Waals surface area contributed by atoms with Crippen LogP contribution < -0.4 is 5.32 Å².